The van der Waals surface area contributed by atoms with Crippen molar-refractivity contribution in [3.63, 3.8) is 0 Å². The Labute approximate surface area is 254 Å². The van der Waals surface area contributed by atoms with Gasteiger partial charge >= 0.3 is 257 Å². The first-order chi connectivity index (χ1) is 17.7. The molecule has 0 spiro atoms. The van der Waals surface area contributed by atoms with Crippen molar-refractivity contribution < 1.29 is 0 Å². The number of rotatable bonds is 19. The summed E-state index contributed by atoms with van der Waals surface area (Å²) in [6.07, 6.45) is 17.7. The van der Waals surface area contributed by atoms with E-state index in [-0.39, 0.29) is 0 Å². The van der Waals surface area contributed by atoms with Gasteiger partial charge in [-0.3, -0.25) is 0 Å². The van der Waals surface area contributed by atoms with Gasteiger partial charge < -0.3 is 0 Å². The molecule has 0 nitrogen and oxygen atoms in total. The van der Waals surface area contributed by atoms with E-state index in [0.717, 1.165) is 0 Å². The molecule has 0 unspecified atom stereocenters. The Kier molecular flexibility index (Phi) is 30.9. The Morgan fingerprint density at radius 2 is 0.694 bits per heavy atom. The molecule has 0 bridgehead atoms. The average molecular weight is 842 g/mol. The molecule has 2 aromatic heterocycles. The van der Waals surface area contributed by atoms with E-state index in [0.29, 0.717) is 29.0 Å². The maximum absolute atomic E-state index is 2.34. The first kappa shape index (κ1) is 37.6. The molecule has 0 aliphatic rings. The summed E-state index contributed by atoms with van der Waals surface area (Å²) < 4.78 is 13.3. The normalized spacial score (nSPS) is 10.8. The summed E-state index contributed by atoms with van der Waals surface area (Å²) in [5, 5.41) is 0. The predicted molar refractivity (Wildman–Crippen MR) is 178 cm³/mol. The van der Waals surface area contributed by atoms with E-state index in [1.807, 2.05) is 0 Å². The van der Waals surface area contributed by atoms with Crippen LogP contribution in [0.25, 0.3) is 8.87 Å². The van der Waals surface area contributed by atoms with Gasteiger partial charge in [-0.2, -0.15) is 0 Å². The fraction of sp³-hybridized carbons (Fsp3) is 0.750. The van der Waals surface area contributed by atoms with Crippen LogP contribution in [0.5, 0.6) is 0 Å². The van der Waals surface area contributed by atoms with Gasteiger partial charge in [-0.25, -0.2) is 0 Å². The Morgan fingerprint density at radius 3 is 0.861 bits per heavy atom. The number of hydrogen-bond donors (Lipinski definition) is 0. The molecule has 0 saturated heterocycles. The molecular formula is C32H62Se2Sn2. The molecule has 0 saturated carbocycles. The molecule has 0 amide bonds. The van der Waals surface area contributed by atoms with Crippen LogP contribution in [-0.2, 0) is 0 Å². The summed E-state index contributed by atoms with van der Waals surface area (Å²) in [7, 11) is 0. The van der Waals surface area contributed by atoms with Crippen LogP contribution in [0.1, 0.15) is 119 Å². The molecule has 0 N–H and O–H groups in total. The standard InChI is InChI=1S/C8H6Se2.6C4H9.2Sn.2H/c1-3-7(9-5-1)8-4-2-6-10-8;6*1-3-4-2;;;;/h1-6H;6*1,3-4H2,2H3;;;;. The zero-order valence-corrected chi connectivity index (χ0v) is 35.2. The minimum atomic E-state index is -0.967. The van der Waals surface area contributed by atoms with Crippen molar-refractivity contribution in [1.29, 1.82) is 0 Å². The molecule has 210 valence electrons. The third-order valence-electron chi connectivity index (χ3n) is 7.08. The van der Waals surface area contributed by atoms with Crippen molar-refractivity contribution >= 4 is 68.5 Å². The van der Waals surface area contributed by atoms with Gasteiger partial charge in [0.05, 0.1) is 0 Å². The van der Waals surface area contributed by atoms with Crippen LogP contribution >= 0.6 is 0 Å². The van der Waals surface area contributed by atoms with Gasteiger partial charge in [-0.1, -0.05) is 0 Å². The number of hydrogen-bond acceptors (Lipinski definition) is 0. The van der Waals surface area contributed by atoms with Crippen LogP contribution < -0.4 is 0 Å². The van der Waals surface area contributed by atoms with Gasteiger partial charge in [0, 0.05) is 0 Å². The minimum absolute atomic E-state index is 0.638. The van der Waals surface area contributed by atoms with Crippen molar-refractivity contribution in [2.45, 2.75) is 145 Å². The summed E-state index contributed by atoms with van der Waals surface area (Å²) in [5.74, 6) is 0. The van der Waals surface area contributed by atoms with Gasteiger partial charge in [0.15, 0.2) is 0 Å². The molecule has 2 aromatic rings. The molecule has 36 heavy (non-hydrogen) atoms. The summed E-state index contributed by atoms with van der Waals surface area (Å²) in [5.41, 5.74) is 0. The molecular weight excluding hydrogens is 780 g/mol. The molecule has 0 fully saturated rings. The van der Waals surface area contributed by atoms with Gasteiger partial charge in [0.25, 0.3) is 0 Å². The van der Waals surface area contributed by atoms with Crippen LogP contribution in [0, 0.1) is 0 Å². The van der Waals surface area contributed by atoms with E-state index in [1.54, 1.807) is 35.5 Å². The zero-order valence-electron chi connectivity index (χ0n) is 25.2. The summed E-state index contributed by atoms with van der Waals surface area (Å²) in [4.78, 5) is 4.55. The molecule has 0 aliphatic heterocycles. The van der Waals surface area contributed by atoms with Gasteiger partial charge in [0.1, 0.15) is 0 Å². The fourth-order valence-corrected chi connectivity index (χ4v) is 30.2. The number of unbranched alkanes of at least 4 members (excludes halogenated alkanes) is 6. The molecule has 0 aliphatic carbocycles. The van der Waals surface area contributed by atoms with Crippen molar-refractivity contribution in [2.75, 3.05) is 0 Å². The van der Waals surface area contributed by atoms with Crippen molar-refractivity contribution in [2.24, 2.45) is 0 Å². The predicted octanol–water partition coefficient (Wildman–Crippen LogP) is 10.7. The van der Waals surface area contributed by atoms with E-state index in [9.17, 15) is 0 Å². The van der Waals surface area contributed by atoms with Crippen LogP contribution in [0.3, 0.4) is 0 Å². The molecule has 0 radical (unpaired) electrons. The second-order valence-corrected chi connectivity index (χ2v) is 34.3. The van der Waals surface area contributed by atoms with Gasteiger partial charge in [0.2, 0.25) is 0 Å². The summed E-state index contributed by atoms with van der Waals surface area (Å²) >= 11 is -0.657. The van der Waals surface area contributed by atoms with Crippen molar-refractivity contribution in [3.8, 4) is 8.87 Å². The molecule has 0 atom stereocenters. The van der Waals surface area contributed by atoms with Crippen LogP contribution in [0.4, 0.5) is 0 Å². The van der Waals surface area contributed by atoms with Crippen molar-refractivity contribution in [1.82, 2.24) is 0 Å². The van der Waals surface area contributed by atoms with E-state index < -0.39 is 39.5 Å². The van der Waals surface area contributed by atoms with E-state index in [1.165, 1.54) is 77.0 Å². The third-order valence-corrected chi connectivity index (χ3v) is 32.5. The second kappa shape index (κ2) is 29.6. The van der Waals surface area contributed by atoms with E-state index in [2.05, 4.69) is 75.7 Å². The molecule has 0 aromatic carbocycles. The topological polar surface area (TPSA) is 0 Å². The van der Waals surface area contributed by atoms with Gasteiger partial charge in [-0.05, 0) is 0 Å². The van der Waals surface area contributed by atoms with E-state index >= 15 is 0 Å². The molecule has 2 heterocycles. The first-order valence-corrected chi connectivity index (χ1v) is 33.4. The maximum atomic E-state index is 2.34. The van der Waals surface area contributed by atoms with Crippen LogP contribution in [0.2, 0.25) is 26.6 Å². The monoisotopic (exact) mass is 846 g/mol. The SMILES string of the molecule is CCC[CH2][SnH]([CH2]CCC)[CH2]CCC.CCC[CH2][SnH]([CH2]CCC)[CH2]CCC.c1c[se]c(-c2ccc[se]2)c1. The van der Waals surface area contributed by atoms with Crippen LogP contribution in [-0.4, -0.2) is 68.5 Å². The third kappa shape index (κ3) is 22.4. The molecule has 2 rings (SSSR count). The van der Waals surface area contributed by atoms with E-state index in [4.69, 9.17) is 0 Å². The van der Waals surface area contributed by atoms with Gasteiger partial charge in [-0.15, -0.1) is 0 Å². The van der Waals surface area contributed by atoms with Crippen molar-refractivity contribution in [3.05, 3.63) is 34.1 Å². The fourth-order valence-electron chi connectivity index (χ4n) is 4.66. The second-order valence-electron chi connectivity index (χ2n) is 10.5. The first-order valence-electron chi connectivity index (χ1n) is 15.7. The Bertz CT molecular complexity index is 530. The molecule has 4 heteroatoms. The Hall–Kier alpha value is 1.60. The quantitative estimate of drug-likeness (QED) is 0.124. The summed E-state index contributed by atoms with van der Waals surface area (Å²) in [6, 6.07) is 8.84. The zero-order chi connectivity index (χ0) is 26.7. The Morgan fingerprint density at radius 1 is 0.444 bits per heavy atom. The average Bonchev–Trinajstić information content (AvgIpc) is 3.63. The Balaban J connectivity index is 0.000000513. The van der Waals surface area contributed by atoms with Crippen LogP contribution in [0.15, 0.2) is 34.1 Å². The summed E-state index contributed by atoms with van der Waals surface area (Å²) in [6.45, 7) is 14.0.